The van der Waals surface area contributed by atoms with Gasteiger partial charge in [0.25, 0.3) is 0 Å². The fraction of sp³-hybridized carbons (Fsp3) is 0.588. The van der Waals surface area contributed by atoms with E-state index < -0.39 is 0 Å². The monoisotopic (exact) mass is 288 g/mol. The number of para-hydroxylation sites is 1. The number of piperidine rings is 1. The maximum atomic E-state index is 12.3. The average Bonchev–Trinajstić information content (AvgIpc) is 2.86. The van der Waals surface area contributed by atoms with E-state index in [0.29, 0.717) is 18.4 Å². The summed E-state index contributed by atoms with van der Waals surface area (Å²) in [6.45, 7) is 6.73. The number of rotatable bonds is 2. The van der Waals surface area contributed by atoms with Crippen molar-refractivity contribution >= 4 is 6.03 Å². The molecule has 2 amide bonds. The number of carbonyl (C=O) groups is 1. The highest BCUT2D eigenvalue weighted by Gasteiger charge is 2.27. The zero-order chi connectivity index (χ0) is 14.8. The van der Waals surface area contributed by atoms with Gasteiger partial charge in [0.05, 0.1) is 6.54 Å². The molecule has 0 bridgehead atoms. The molecule has 3 rings (SSSR count). The van der Waals surface area contributed by atoms with E-state index in [9.17, 15) is 4.79 Å². The van der Waals surface area contributed by atoms with Gasteiger partial charge in [0.1, 0.15) is 11.9 Å². The third-order valence-corrected chi connectivity index (χ3v) is 4.35. The van der Waals surface area contributed by atoms with E-state index in [2.05, 4.69) is 25.2 Å². The molecule has 3 atom stereocenters. The van der Waals surface area contributed by atoms with E-state index in [-0.39, 0.29) is 12.1 Å². The standard InChI is InChI=1S/C17H24N2O2/c1-12-7-13(2)11-19(10-12)17(20)18-9-15-8-14-5-3-4-6-16(14)21-15/h3-6,12-13,15H,7-11H2,1-2H3,(H,18,20). The van der Waals surface area contributed by atoms with Crippen LogP contribution in [0.4, 0.5) is 4.79 Å². The second-order valence-electron chi connectivity index (χ2n) is 6.59. The molecule has 1 aromatic carbocycles. The SMILES string of the molecule is CC1CC(C)CN(C(=O)NCC2Cc3ccccc3O2)C1. The third-order valence-electron chi connectivity index (χ3n) is 4.35. The molecule has 1 saturated heterocycles. The first-order valence-corrected chi connectivity index (χ1v) is 7.89. The first-order valence-electron chi connectivity index (χ1n) is 7.89. The summed E-state index contributed by atoms with van der Waals surface area (Å²) in [4.78, 5) is 14.2. The van der Waals surface area contributed by atoms with Crippen molar-refractivity contribution in [2.24, 2.45) is 11.8 Å². The molecule has 4 nitrogen and oxygen atoms in total. The molecule has 0 aliphatic carbocycles. The van der Waals surface area contributed by atoms with Crippen molar-refractivity contribution < 1.29 is 9.53 Å². The smallest absolute Gasteiger partial charge is 0.317 e. The highest BCUT2D eigenvalue weighted by molar-refractivity contribution is 5.74. The molecule has 2 aliphatic heterocycles. The van der Waals surface area contributed by atoms with Crippen molar-refractivity contribution in [2.45, 2.75) is 32.8 Å². The third kappa shape index (κ3) is 3.31. The molecule has 2 heterocycles. The first kappa shape index (κ1) is 14.2. The molecule has 0 saturated carbocycles. The number of carbonyl (C=O) groups excluding carboxylic acids is 1. The average molecular weight is 288 g/mol. The second-order valence-corrected chi connectivity index (χ2v) is 6.59. The van der Waals surface area contributed by atoms with E-state index in [1.165, 1.54) is 12.0 Å². The van der Waals surface area contributed by atoms with Crippen LogP contribution in [0.25, 0.3) is 0 Å². The Morgan fingerprint density at radius 3 is 2.71 bits per heavy atom. The van der Waals surface area contributed by atoms with Gasteiger partial charge in [-0.15, -0.1) is 0 Å². The van der Waals surface area contributed by atoms with E-state index in [1.807, 2.05) is 23.1 Å². The first-order chi connectivity index (χ1) is 10.1. The van der Waals surface area contributed by atoms with Gasteiger partial charge in [0.15, 0.2) is 0 Å². The van der Waals surface area contributed by atoms with Crippen LogP contribution in [0.15, 0.2) is 24.3 Å². The van der Waals surface area contributed by atoms with Crippen LogP contribution in [0.5, 0.6) is 5.75 Å². The molecule has 4 heteroatoms. The Hall–Kier alpha value is -1.71. The van der Waals surface area contributed by atoms with Crippen LogP contribution in [-0.4, -0.2) is 36.7 Å². The van der Waals surface area contributed by atoms with Crippen molar-refractivity contribution in [1.82, 2.24) is 10.2 Å². The summed E-state index contributed by atoms with van der Waals surface area (Å²) in [6.07, 6.45) is 2.15. The van der Waals surface area contributed by atoms with Gasteiger partial charge in [-0.3, -0.25) is 0 Å². The van der Waals surface area contributed by atoms with E-state index in [4.69, 9.17) is 4.74 Å². The summed E-state index contributed by atoms with van der Waals surface area (Å²) < 4.78 is 5.85. The van der Waals surface area contributed by atoms with Crippen molar-refractivity contribution in [2.75, 3.05) is 19.6 Å². The maximum absolute atomic E-state index is 12.3. The van der Waals surface area contributed by atoms with Gasteiger partial charge < -0.3 is 15.0 Å². The largest absolute Gasteiger partial charge is 0.488 e. The minimum absolute atomic E-state index is 0.0490. The molecular formula is C17H24N2O2. The van der Waals surface area contributed by atoms with Crippen LogP contribution >= 0.6 is 0 Å². The molecule has 1 N–H and O–H groups in total. The number of hydrogen-bond donors (Lipinski definition) is 1. The van der Waals surface area contributed by atoms with Crippen molar-refractivity contribution in [1.29, 1.82) is 0 Å². The summed E-state index contributed by atoms with van der Waals surface area (Å²) in [5, 5.41) is 3.03. The molecule has 21 heavy (non-hydrogen) atoms. The van der Waals surface area contributed by atoms with E-state index in [1.54, 1.807) is 0 Å². The highest BCUT2D eigenvalue weighted by atomic mass is 16.5. The summed E-state index contributed by atoms with van der Waals surface area (Å²) in [5.41, 5.74) is 1.23. The molecule has 1 fully saturated rings. The van der Waals surface area contributed by atoms with Crippen molar-refractivity contribution in [3.8, 4) is 5.75 Å². The number of fused-ring (bicyclic) bond motifs is 1. The number of amides is 2. The molecule has 114 valence electrons. The van der Waals surface area contributed by atoms with Gasteiger partial charge >= 0.3 is 6.03 Å². The fourth-order valence-corrected chi connectivity index (χ4v) is 3.51. The van der Waals surface area contributed by atoms with Crippen LogP contribution in [0, 0.1) is 11.8 Å². The molecule has 0 radical (unpaired) electrons. The van der Waals surface area contributed by atoms with Crippen LogP contribution in [0.1, 0.15) is 25.8 Å². The lowest BCUT2D eigenvalue weighted by molar-refractivity contribution is 0.141. The molecular weight excluding hydrogens is 264 g/mol. The predicted octanol–water partition coefficient (Wildman–Crippen LogP) is 2.68. The van der Waals surface area contributed by atoms with E-state index in [0.717, 1.165) is 25.3 Å². The second kappa shape index (κ2) is 5.96. The fourth-order valence-electron chi connectivity index (χ4n) is 3.51. The predicted molar refractivity (Wildman–Crippen MR) is 82.5 cm³/mol. The normalized spacial score (nSPS) is 27.9. The van der Waals surface area contributed by atoms with Gasteiger partial charge in [0, 0.05) is 19.5 Å². The van der Waals surface area contributed by atoms with Crippen LogP contribution in [0.2, 0.25) is 0 Å². The molecule has 1 aromatic rings. The number of nitrogens with one attached hydrogen (secondary N) is 1. The number of hydrogen-bond acceptors (Lipinski definition) is 2. The Morgan fingerprint density at radius 2 is 2.00 bits per heavy atom. The van der Waals surface area contributed by atoms with Crippen molar-refractivity contribution in [3.63, 3.8) is 0 Å². The number of benzene rings is 1. The van der Waals surface area contributed by atoms with Gasteiger partial charge in [-0.1, -0.05) is 32.0 Å². The number of likely N-dealkylation sites (tertiary alicyclic amines) is 1. The minimum atomic E-state index is 0.0490. The summed E-state index contributed by atoms with van der Waals surface area (Å²) in [5.74, 6) is 2.13. The number of nitrogens with zero attached hydrogens (tertiary/aromatic N) is 1. The topological polar surface area (TPSA) is 41.6 Å². The highest BCUT2D eigenvalue weighted by Crippen LogP contribution is 2.27. The molecule has 3 unspecified atom stereocenters. The van der Waals surface area contributed by atoms with Crippen LogP contribution < -0.4 is 10.1 Å². The summed E-state index contributed by atoms with van der Waals surface area (Å²) in [7, 11) is 0. The lowest BCUT2D eigenvalue weighted by Crippen LogP contribution is -2.49. The Morgan fingerprint density at radius 1 is 1.29 bits per heavy atom. The van der Waals surface area contributed by atoms with Gasteiger partial charge in [-0.25, -0.2) is 4.79 Å². The van der Waals surface area contributed by atoms with Crippen LogP contribution in [-0.2, 0) is 6.42 Å². The number of urea groups is 1. The van der Waals surface area contributed by atoms with Crippen LogP contribution in [0.3, 0.4) is 0 Å². The zero-order valence-electron chi connectivity index (χ0n) is 12.8. The van der Waals surface area contributed by atoms with E-state index >= 15 is 0 Å². The molecule has 2 aliphatic rings. The Bertz CT molecular complexity index is 482. The Labute approximate surface area is 126 Å². The lowest BCUT2D eigenvalue weighted by atomic mass is 9.92. The molecule has 0 spiro atoms. The quantitative estimate of drug-likeness (QED) is 0.909. The van der Waals surface area contributed by atoms with Crippen molar-refractivity contribution in [3.05, 3.63) is 29.8 Å². The minimum Gasteiger partial charge on any atom is -0.488 e. The maximum Gasteiger partial charge on any atom is 0.317 e. The van der Waals surface area contributed by atoms with Gasteiger partial charge in [-0.05, 0) is 29.9 Å². The summed E-state index contributed by atoms with van der Waals surface area (Å²) >= 11 is 0. The number of ether oxygens (including phenoxy) is 1. The van der Waals surface area contributed by atoms with Gasteiger partial charge in [0.2, 0.25) is 0 Å². The summed E-state index contributed by atoms with van der Waals surface area (Å²) in [6, 6.07) is 8.14. The zero-order valence-corrected chi connectivity index (χ0v) is 12.8. The lowest BCUT2D eigenvalue weighted by Gasteiger charge is -2.35. The molecule has 0 aromatic heterocycles. The van der Waals surface area contributed by atoms with Gasteiger partial charge in [-0.2, -0.15) is 0 Å². The Kier molecular flexibility index (Phi) is 4.04. The Balaban J connectivity index is 1.49.